The largest absolute Gasteiger partial charge is 0.296 e. The van der Waals surface area contributed by atoms with Crippen molar-refractivity contribution in [2.45, 2.75) is 17.0 Å². The summed E-state index contributed by atoms with van der Waals surface area (Å²) in [6, 6.07) is 9.47. The van der Waals surface area contributed by atoms with Crippen molar-refractivity contribution in [3.8, 4) is 0 Å². The van der Waals surface area contributed by atoms with Gasteiger partial charge < -0.3 is 0 Å². The number of nitrogens with zero attached hydrogens (tertiary/aromatic N) is 3. The maximum absolute atomic E-state index is 12.3. The molecule has 0 aliphatic rings. The quantitative estimate of drug-likeness (QED) is 0.225. The molecule has 0 fully saturated rings. The van der Waals surface area contributed by atoms with Gasteiger partial charge in [0.1, 0.15) is 0 Å². The van der Waals surface area contributed by atoms with Crippen molar-refractivity contribution in [2.24, 2.45) is 0 Å². The number of hydrogen-bond donors (Lipinski definition) is 1. The second-order valence-electron chi connectivity index (χ2n) is 5.57. The van der Waals surface area contributed by atoms with E-state index in [0.717, 1.165) is 5.56 Å². The Balaban J connectivity index is 1.65. The van der Waals surface area contributed by atoms with E-state index in [4.69, 9.17) is 23.2 Å². The molecule has 2 aromatic carbocycles. The zero-order valence-electron chi connectivity index (χ0n) is 14.3. The lowest BCUT2D eigenvalue weighted by atomic mass is 10.1. The maximum Gasteiger partial charge on any atom is 0.272 e. The normalized spacial score (nSPS) is 10.7. The highest BCUT2D eigenvalue weighted by atomic mass is 35.5. The van der Waals surface area contributed by atoms with Crippen molar-refractivity contribution in [1.29, 1.82) is 0 Å². The lowest BCUT2D eigenvalue weighted by Crippen LogP contribution is -2.12. The summed E-state index contributed by atoms with van der Waals surface area (Å²) >= 11 is 14.9. The van der Waals surface area contributed by atoms with Gasteiger partial charge >= 0.3 is 0 Å². The molecule has 0 aliphatic heterocycles. The molecule has 1 heterocycles. The maximum atomic E-state index is 12.3. The van der Waals surface area contributed by atoms with Crippen molar-refractivity contribution in [3.63, 3.8) is 0 Å². The van der Waals surface area contributed by atoms with Crippen LogP contribution in [-0.2, 0) is 5.75 Å². The summed E-state index contributed by atoms with van der Waals surface area (Å²) in [7, 11) is 0. The molecular weight excluding hydrogens is 443 g/mol. The fourth-order valence-electron chi connectivity index (χ4n) is 2.29. The van der Waals surface area contributed by atoms with Crippen molar-refractivity contribution in [2.75, 3.05) is 5.32 Å². The van der Waals surface area contributed by atoms with Gasteiger partial charge in [0.25, 0.3) is 11.6 Å². The average molecular weight is 455 g/mol. The second-order valence-corrected chi connectivity index (χ2v) is 8.59. The Labute approximate surface area is 178 Å². The van der Waals surface area contributed by atoms with Gasteiger partial charge in [-0.3, -0.25) is 20.2 Å². The van der Waals surface area contributed by atoms with E-state index in [9.17, 15) is 14.9 Å². The van der Waals surface area contributed by atoms with E-state index in [-0.39, 0.29) is 5.69 Å². The van der Waals surface area contributed by atoms with Crippen LogP contribution < -0.4 is 5.32 Å². The van der Waals surface area contributed by atoms with Crippen molar-refractivity contribution in [3.05, 3.63) is 73.2 Å². The number of benzene rings is 2. The Morgan fingerprint density at radius 3 is 2.61 bits per heavy atom. The molecule has 144 valence electrons. The Kier molecular flexibility index (Phi) is 6.50. The minimum absolute atomic E-state index is 0.0376. The standard InChI is InChI=1S/C17H12Cl2N4O3S2/c1-9-7-10(5-6-14(9)23(25)26)15(24)20-16-21-22-17(28-16)27-8-11-12(18)3-2-4-13(11)19/h2-7H,8H2,1H3,(H,20,21,24). The molecule has 3 aromatic rings. The highest BCUT2D eigenvalue weighted by Gasteiger charge is 2.16. The molecular formula is C17H12Cl2N4O3S2. The van der Waals surface area contributed by atoms with E-state index in [1.54, 1.807) is 25.1 Å². The summed E-state index contributed by atoms with van der Waals surface area (Å²) in [4.78, 5) is 22.7. The summed E-state index contributed by atoms with van der Waals surface area (Å²) in [5.41, 5.74) is 1.47. The van der Waals surface area contributed by atoms with E-state index in [1.807, 2.05) is 0 Å². The number of rotatable bonds is 6. The molecule has 0 unspecified atom stereocenters. The van der Waals surface area contributed by atoms with Gasteiger partial charge in [-0.15, -0.1) is 10.2 Å². The van der Waals surface area contributed by atoms with Crippen molar-refractivity contribution in [1.82, 2.24) is 10.2 Å². The van der Waals surface area contributed by atoms with Crippen molar-refractivity contribution >= 4 is 63.0 Å². The van der Waals surface area contributed by atoms with Gasteiger partial charge in [-0.05, 0) is 36.8 Å². The van der Waals surface area contributed by atoms with Crippen LogP contribution in [0.3, 0.4) is 0 Å². The number of anilines is 1. The van der Waals surface area contributed by atoms with Crippen LogP contribution in [0, 0.1) is 17.0 Å². The zero-order chi connectivity index (χ0) is 20.3. The first kappa shape index (κ1) is 20.5. The van der Waals surface area contributed by atoms with Crippen LogP contribution in [0.1, 0.15) is 21.5 Å². The Hall–Kier alpha value is -2.20. The number of hydrogen-bond acceptors (Lipinski definition) is 7. The third-order valence-electron chi connectivity index (χ3n) is 3.68. The number of nitro benzene ring substituents is 1. The molecule has 1 aromatic heterocycles. The first-order valence-corrected chi connectivity index (χ1v) is 10.4. The molecule has 0 saturated carbocycles. The first-order chi connectivity index (χ1) is 13.3. The minimum Gasteiger partial charge on any atom is -0.296 e. The molecule has 0 spiro atoms. The number of aromatic nitrogens is 2. The Morgan fingerprint density at radius 1 is 1.25 bits per heavy atom. The summed E-state index contributed by atoms with van der Waals surface area (Å²) in [6.07, 6.45) is 0. The SMILES string of the molecule is Cc1cc(C(=O)Nc2nnc(SCc3c(Cl)cccc3Cl)s2)ccc1[N+](=O)[O-]. The monoisotopic (exact) mass is 454 g/mol. The number of nitrogens with one attached hydrogen (secondary N) is 1. The molecule has 1 N–H and O–H groups in total. The Bertz CT molecular complexity index is 1040. The van der Waals surface area contributed by atoms with Crippen LogP contribution in [0.15, 0.2) is 40.7 Å². The summed E-state index contributed by atoms with van der Waals surface area (Å²) in [5, 5.41) is 23.0. The van der Waals surface area contributed by atoms with E-state index < -0.39 is 10.8 Å². The fourth-order valence-corrected chi connectivity index (χ4v) is 4.78. The Morgan fingerprint density at radius 2 is 1.96 bits per heavy atom. The predicted octanol–water partition coefficient (Wildman–Crippen LogP) is 5.61. The number of carbonyl (C=O) groups is 1. The van der Waals surface area contributed by atoms with Gasteiger partial charge in [0.2, 0.25) is 5.13 Å². The number of amides is 1. The van der Waals surface area contributed by atoms with E-state index in [2.05, 4.69) is 15.5 Å². The van der Waals surface area contributed by atoms with Gasteiger partial charge in [-0.25, -0.2) is 0 Å². The fraction of sp³-hybridized carbons (Fsp3) is 0.118. The highest BCUT2D eigenvalue weighted by Crippen LogP contribution is 2.33. The van der Waals surface area contributed by atoms with E-state index >= 15 is 0 Å². The smallest absolute Gasteiger partial charge is 0.272 e. The van der Waals surface area contributed by atoms with Gasteiger partial charge in [0, 0.05) is 33.0 Å². The van der Waals surface area contributed by atoms with Crippen LogP contribution in [0.2, 0.25) is 10.0 Å². The minimum atomic E-state index is -0.490. The highest BCUT2D eigenvalue weighted by molar-refractivity contribution is 8.00. The van der Waals surface area contributed by atoms with Crippen LogP contribution in [0.4, 0.5) is 10.8 Å². The molecule has 28 heavy (non-hydrogen) atoms. The first-order valence-electron chi connectivity index (χ1n) is 7.80. The molecule has 3 rings (SSSR count). The van der Waals surface area contributed by atoms with Crippen LogP contribution in [0.5, 0.6) is 0 Å². The number of halogens is 2. The molecule has 7 nitrogen and oxygen atoms in total. The van der Waals surface area contributed by atoms with Crippen LogP contribution in [-0.4, -0.2) is 21.0 Å². The lowest BCUT2D eigenvalue weighted by molar-refractivity contribution is -0.385. The predicted molar refractivity (Wildman–Crippen MR) is 112 cm³/mol. The van der Waals surface area contributed by atoms with Gasteiger partial charge in [0.05, 0.1) is 4.92 Å². The number of aryl methyl sites for hydroxylation is 1. The lowest BCUT2D eigenvalue weighted by Gasteiger charge is -2.04. The number of carbonyl (C=O) groups excluding carboxylic acids is 1. The van der Waals surface area contributed by atoms with E-state index in [0.29, 0.717) is 36.4 Å². The summed E-state index contributed by atoms with van der Waals surface area (Å²) in [5.74, 6) is 0.0997. The number of nitro groups is 1. The molecule has 0 saturated heterocycles. The van der Waals surface area contributed by atoms with Gasteiger partial charge in [-0.2, -0.15) is 0 Å². The topological polar surface area (TPSA) is 98.0 Å². The van der Waals surface area contributed by atoms with Gasteiger partial charge in [0.15, 0.2) is 4.34 Å². The molecule has 0 bridgehead atoms. The molecule has 0 aliphatic carbocycles. The average Bonchev–Trinajstić information content (AvgIpc) is 3.08. The van der Waals surface area contributed by atoms with Crippen molar-refractivity contribution < 1.29 is 9.72 Å². The zero-order valence-corrected chi connectivity index (χ0v) is 17.5. The summed E-state index contributed by atoms with van der Waals surface area (Å²) < 4.78 is 0.645. The third-order valence-corrected chi connectivity index (χ3v) is 6.39. The molecule has 1 amide bonds. The van der Waals surface area contributed by atoms with Crippen LogP contribution in [0.25, 0.3) is 0 Å². The van der Waals surface area contributed by atoms with Gasteiger partial charge in [-0.1, -0.05) is 52.4 Å². The molecule has 0 atom stereocenters. The van der Waals surface area contributed by atoms with E-state index in [1.165, 1.54) is 41.3 Å². The number of thioether (sulfide) groups is 1. The summed E-state index contributed by atoms with van der Waals surface area (Å²) in [6.45, 7) is 1.58. The second kappa shape index (κ2) is 8.87. The van der Waals surface area contributed by atoms with Crippen LogP contribution >= 0.6 is 46.3 Å². The molecule has 11 heteroatoms. The third kappa shape index (κ3) is 4.79. The molecule has 0 radical (unpaired) electrons.